The maximum absolute atomic E-state index is 8.56. The molecule has 0 fully saturated rings. The van der Waals surface area contributed by atoms with Crippen molar-refractivity contribution < 1.29 is 5.21 Å². The van der Waals surface area contributed by atoms with Crippen molar-refractivity contribution in [3.63, 3.8) is 0 Å². The Kier molecular flexibility index (Phi) is 3.20. The summed E-state index contributed by atoms with van der Waals surface area (Å²) < 4.78 is 1.65. The molecule has 0 amide bonds. The standard InChI is InChI=1S/C11H12ClN5O/c1-6-10(12)7(2)17(15-6)9-4-3-8(5-14-9)11(13)16-18/h3-5,18H,1-2H3,(H2,13,16). The lowest BCUT2D eigenvalue weighted by Gasteiger charge is -2.04. The van der Waals surface area contributed by atoms with E-state index in [1.54, 1.807) is 16.8 Å². The molecule has 0 atom stereocenters. The van der Waals surface area contributed by atoms with Gasteiger partial charge in [0.2, 0.25) is 0 Å². The Bertz CT molecular complexity index is 603. The van der Waals surface area contributed by atoms with Crippen molar-refractivity contribution in [2.75, 3.05) is 0 Å². The third-order valence-electron chi connectivity index (χ3n) is 2.57. The molecule has 2 heterocycles. The van der Waals surface area contributed by atoms with Crippen molar-refractivity contribution in [1.29, 1.82) is 0 Å². The molecular formula is C11H12ClN5O. The van der Waals surface area contributed by atoms with E-state index in [1.807, 2.05) is 13.8 Å². The maximum atomic E-state index is 8.56. The monoisotopic (exact) mass is 265 g/mol. The van der Waals surface area contributed by atoms with Crippen LogP contribution in [0.1, 0.15) is 17.0 Å². The molecule has 2 aromatic heterocycles. The van der Waals surface area contributed by atoms with Crippen molar-refractivity contribution in [2.24, 2.45) is 10.9 Å². The molecule has 0 spiro atoms. The van der Waals surface area contributed by atoms with E-state index in [9.17, 15) is 0 Å². The predicted molar refractivity (Wildman–Crippen MR) is 68.4 cm³/mol. The SMILES string of the molecule is Cc1nn(-c2ccc(C(N)=NO)cn2)c(C)c1Cl. The van der Waals surface area contributed by atoms with Gasteiger partial charge in [-0.05, 0) is 26.0 Å². The number of oxime groups is 1. The summed E-state index contributed by atoms with van der Waals surface area (Å²) in [5.41, 5.74) is 7.56. The van der Waals surface area contributed by atoms with E-state index in [2.05, 4.69) is 15.2 Å². The van der Waals surface area contributed by atoms with Gasteiger partial charge in [0.1, 0.15) is 0 Å². The third-order valence-corrected chi connectivity index (χ3v) is 3.12. The highest BCUT2D eigenvalue weighted by Crippen LogP contribution is 2.21. The van der Waals surface area contributed by atoms with Gasteiger partial charge in [-0.2, -0.15) is 5.10 Å². The number of rotatable bonds is 2. The van der Waals surface area contributed by atoms with Gasteiger partial charge < -0.3 is 10.9 Å². The normalized spacial score (nSPS) is 11.8. The lowest BCUT2D eigenvalue weighted by atomic mass is 10.2. The Morgan fingerprint density at radius 1 is 1.44 bits per heavy atom. The summed E-state index contributed by atoms with van der Waals surface area (Å²) in [7, 11) is 0. The number of nitrogens with two attached hydrogens (primary N) is 1. The molecule has 0 aliphatic rings. The largest absolute Gasteiger partial charge is 0.409 e. The number of hydrogen-bond acceptors (Lipinski definition) is 4. The molecule has 0 aliphatic carbocycles. The van der Waals surface area contributed by atoms with Crippen LogP contribution in [0, 0.1) is 13.8 Å². The lowest BCUT2D eigenvalue weighted by Crippen LogP contribution is -2.14. The summed E-state index contributed by atoms with van der Waals surface area (Å²) in [5, 5.41) is 16.4. The van der Waals surface area contributed by atoms with Crippen LogP contribution in [0.15, 0.2) is 23.5 Å². The van der Waals surface area contributed by atoms with Crippen LogP contribution in [-0.4, -0.2) is 25.8 Å². The lowest BCUT2D eigenvalue weighted by molar-refractivity contribution is 0.318. The van der Waals surface area contributed by atoms with Crippen molar-refractivity contribution in [3.8, 4) is 5.82 Å². The van der Waals surface area contributed by atoms with Crippen LogP contribution >= 0.6 is 11.6 Å². The van der Waals surface area contributed by atoms with Gasteiger partial charge in [-0.3, -0.25) is 0 Å². The summed E-state index contributed by atoms with van der Waals surface area (Å²) >= 11 is 6.07. The van der Waals surface area contributed by atoms with E-state index in [0.717, 1.165) is 11.4 Å². The van der Waals surface area contributed by atoms with E-state index >= 15 is 0 Å². The molecule has 18 heavy (non-hydrogen) atoms. The van der Waals surface area contributed by atoms with E-state index in [1.165, 1.54) is 6.20 Å². The number of amidine groups is 1. The number of pyridine rings is 1. The topological polar surface area (TPSA) is 89.3 Å². The number of aromatic nitrogens is 3. The summed E-state index contributed by atoms with van der Waals surface area (Å²) in [4.78, 5) is 4.20. The smallest absolute Gasteiger partial charge is 0.171 e. The summed E-state index contributed by atoms with van der Waals surface area (Å²) in [6, 6.07) is 3.42. The first-order valence-corrected chi connectivity index (χ1v) is 5.58. The maximum Gasteiger partial charge on any atom is 0.171 e. The summed E-state index contributed by atoms with van der Waals surface area (Å²) in [6.07, 6.45) is 1.51. The van der Waals surface area contributed by atoms with Crippen LogP contribution < -0.4 is 5.73 Å². The van der Waals surface area contributed by atoms with Gasteiger partial charge in [0.15, 0.2) is 11.7 Å². The highest BCUT2D eigenvalue weighted by atomic mass is 35.5. The molecule has 3 N–H and O–H groups in total. The van der Waals surface area contributed by atoms with E-state index in [0.29, 0.717) is 16.4 Å². The van der Waals surface area contributed by atoms with Gasteiger partial charge in [0.25, 0.3) is 0 Å². The Hall–Kier alpha value is -2.08. The van der Waals surface area contributed by atoms with Gasteiger partial charge in [-0.1, -0.05) is 16.8 Å². The quantitative estimate of drug-likeness (QED) is 0.374. The second kappa shape index (κ2) is 4.66. The van der Waals surface area contributed by atoms with Crippen molar-refractivity contribution in [1.82, 2.24) is 14.8 Å². The zero-order valence-corrected chi connectivity index (χ0v) is 10.7. The van der Waals surface area contributed by atoms with Crippen LogP contribution in [-0.2, 0) is 0 Å². The fraction of sp³-hybridized carbons (Fsp3) is 0.182. The molecule has 6 nitrogen and oxygen atoms in total. The fourth-order valence-electron chi connectivity index (χ4n) is 1.57. The van der Waals surface area contributed by atoms with Crippen molar-refractivity contribution in [2.45, 2.75) is 13.8 Å². The van der Waals surface area contributed by atoms with Gasteiger partial charge >= 0.3 is 0 Å². The molecule has 2 aromatic rings. The minimum Gasteiger partial charge on any atom is -0.409 e. The number of hydrogen-bond donors (Lipinski definition) is 2. The first-order chi connectivity index (χ1) is 8.54. The molecule has 0 unspecified atom stereocenters. The zero-order valence-electron chi connectivity index (χ0n) is 9.92. The minimum atomic E-state index is 0.0143. The molecule has 94 valence electrons. The molecular weight excluding hydrogens is 254 g/mol. The van der Waals surface area contributed by atoms with Crippen molar-refractivity contribution in [3.05, 3.63) is 40.3 Å². The van der Waals surface area contributed by atoms with Crippen LogP contribution in [0.2, 0.25) is 5.02 Å². The van der Waals surface area contributed by atoms with E-state index in [4.69, 9.17) is 22.5 Å². The Morgan fingerprint density at radius 2 is 2.17 bits per heavy atom. The second-order valence-electron chi connectivity index (χ2n) is 3.79. The molecule has 0 saturated carbocycles. The van der Waals surface area contributed by atoms with Gasteiger partial charge in [-0.25, -0.2) is 9.67 Å². The Labute approximate surface area is 109 Å². The third kappa shape index (κ3) is 2.02. The van der Waals surface area contributed by atoms with Gasteiger partial charge in [0.05, 0.1) is 16.4 Å². The van der Waals surface area contributed by atoms with Gasteiger partial charge in [0, 0.05) is 11.8 Å². The van der Waals surface area contributed by atoms with Gasteiger partial charge in [-0.15, -0.1) is 0 Å². The Morgan fingerprint density at radius 3 is 2.61 bits per heavy atom. The number of aryl methyl sites for hydroxylation is 1. The molecule has 2 rings (SSSR count). The first kappa shape index (κ1) is 12.4. The molecule has 7 heteroatoms. The van der Waals surface area contributed by atoms with Crippen LogP contribution in [0.3, 0.4) is 0 Å². The molecule has 0 radical (unpaired) electrons. The second-order valence-corrected chi connectivity index (χ2v) is 4.16. The summed E-state index contributed by atoms with van der Waals surface area (Å²) in [5.74, 6) is 0.637. The number of halogens is 1. The Balaban J connectivity index is 2.43. The van der Waals surface area contributed by atoms with Crippen LogP contribution in [0.5, 0.6) is 0 Å². The summed E-state index contributed by atoms with van der Waals surface area (Å²) in [6.45, 7) is 3.69. The van der Waals surface area contributed by atoms with Crippen molar-refractivity contribution >= 4 is 17.4 Å². The minimum absolute atomic E-state index is 0.0143. The highest BCUT2D eigenvalue weighted by molar-refractivity contribution is 6.31. The van der Waals surface area contributed by atoms with Crippen LogP contribution in [0.25, 0.3) is 5.82 Å². The average Bonchev–Trinajstić information content (AvgIpc) is 2.66. The van der Waals surface area contributed by atoms with E-state index in [-0.39, 0.29) is 5.84 Å². The molecule has 0 saturated heterocycles. The van der Waals surface area contributed by atoms with E-state index < -0.39 is 0 Å². The average molecular weight is 266 g/mol. The molecule has 0 aliphatic heterocycles. The highest BCUT2D eigenvalue weighted by Gasteiger charge is 2.11. The van der Waals surface area contributed by atoms with Crippen LogP contribution in [0.4, 0.5) is 0 Å². The first-order valence-electron chi connectivity index (χ1n) is 5.20. The molecule has 0 aromatic carbocycles. The fourth-order valence-corrected chi connectivity index (χ4v) is 1.69. The zero-order chi connectivity index (χ0) is 13.3. The predicted octanol–water partition coefficient (Wildman–Crippen LogP) is 1.63. The number of nitrogens with zero attached hydrogens (tertiary/aromatic N) is 4. The molecule has 0 bridgehead atoms.